The summed E-state index contributed by atoms with van der Waals surface area (Å²) in [6.07, 6.45) is 1.90. The van der Waals surface area contributed by atoms with Crippen LogP contribution in [-0.2, 0) is 6.42 Å². The quantitative estimate of drug-likeness (QED) is 0.782. The van der Waals surface area contributed by atoms with E-state index in [0.717, 1.165) is 41.7 Å². The zero-order valence-electron chi connectivity index (χ0n) is 9.46. The topological polar surface area (TPSA) is 64.9 Å². The minimum atomic E-state index is 0.699. The van der Waals surface area contributed by atoms with Crippen molar-refractivity contribution in [3.8, 4) is 10.7 Å². The van der Waals surface area contributed by atoms with Crippen molar-refractivity contribution in [1.82, 2.24) is 10.1 Å². The van der Waals surface area contributed by atoms with Crippen LogP contribution in [0.2, 0.25) is 0 Å². The monoisotopic (exact) mass is 269 g/mol. The summed E-state index contributed by atoms with van der Waals surface area (Å²) in [7, 11) is 0. The van der Waals surface area contributed by atoms with Crippen molar-refractivity contribution in [2.45, 2.75) is 12.8 Å². The highest BCUT2D eigenvalue weighted by Crippen LogP contribution is 2.21. The van der Waals surface area contributed by atoms with Gasteiger partial charge in [0.05, 0.1) is 4.88 Å². The van der Waals surface area contributed by atoms with E-state index in [0.29, 0.717) is 5.82 Å². The summed E-state index contributed by atoms with van der Waals surface area (Å²) in [6.45, 7) is 0.744. The largest absolute Gasteiger partial charge is 0.339 e. The summed E-state index contributed by atoms with van der Waals surface area (Å²) in [6, 6.07) is 3.98. The first-order valence-corrected chi connectivity index (χ1v) is 7.58. The second-order valence-corrected chi connectivity index (χ2v) is 5.67. The number of aromatic nitrogens is 2. The third kappa shape index (κ3) is 3.83. The Morgan fingerprint density at radius 2 is 2.35 bits per heavy atom. The first kappa shape index (κ1) is 12.6. The minimum absolute atomic E-state index is 0.699. The van der Waals surface area contributed by atoms with Gasteiger partial charge in [0.2, 0.25) is 11.7 Å². The van der Waals surface area contributed by atoms with Gasteiger partial charge in [-0.1, -0.05) is 11.2 Å². The van der Waals surface area contributed by atoms with E-state index < -0.39 is 0 Å². The lowest BCUT2D eigenvalue weighted by molar-refractivity contribution is 0.378. The first-order chi connectivity index (χ1) is 8.40. The highest BCUT2D eigenvalue weighted by molar-refractivity contribution is 7.99. The summed E-state index contributed by atoms with van der Waals surface area (Å²) in [5.41, 5.74) is 5.42. The van der Waals surface area contributed by atoms with Crippen molar-refractivity contribution in [2.75, 3.05) is 18.1 Å². The number of nitrogens with zero attached hydrogens (tertiary/aromatic N) is 2. The molecule has 0 aromatic carbocycles. The van der Waals surface area contributed by atoms with Crippen LogP contribution in [-0.4, -0.2) is 28.2 Å². The van der Waals surface area contributed by atoms with E-state index in [4.69, 9.17) is 10.3 Å². The van der Waals surface area contributed by atoms with Gasteiger partial charge in [-0.3, -0.25) is 0 Å². The maximum absolute atomic E-state index is 5.42. The number of thiophene rings is 1. The molecule has 0 radical (unpaired) electrons. The van der Waals surface area contributed by atoms with Gasteiger partial charge in [-0.2, -0.15) is 16.7 Å². The van der Waals surface area contributed by atoms with Crippen LogP contribution >= 0.6 is 23.1 Å². The summed E-state index contributed by atoms with van der Waals surface area (Å²) < 4.78 is 5.21. The van der Waals surface area contributed by atoms with E-state index in [1.54, 1.807) is 11.3 Å². The van der Waals surface area contributed by atoms with Crippen LogP contribution in [0.25, 0.3) is 10.7 Å². The Kier molecular flexibility index (Phi) is 5.03. The zero-order chi connectivity index (χ0) is 11.9. The van der Waals surface area contributed by atoms with Crippen LogP contribution in [0.3, 0.4) is 0 Å². The third-order valence-corrected chi connectivity index (χ3v) is 4.12. The van der Waals surface area contributed by atoms with Crippen molar-refractivity contribution in [3.05, 3.63) is 23.4 Å². The molecule has 0 saturated heterocycles. The molecule has 2 aromatic heterocycles. The van der Waals surface area contributed by atoms with E-state index >= 15 is 0 Å². The van der Waals surface area contributed by atoms with E-state index in [2.05, 4.69) is 10.1 Å². The maximum Gasteiger partial charge on any atom is 0.227 e. The predicted molar refractivity (Wildman–Crippen MR) is 72.3 cm³/mol. The Bertz CT molecular complexity index is 428. The van der Waals surface area contributed by atoms with Crippen molar-refractivity contribution in [1.29, 1.82) is 0 Å². The number of hydrogen-bond acceptors (Lipinski definition) is 6. The molecule has 2 aromatic rings. The molecule has 0 aliphatic carbocycles. The van der Waals surface area contributed by atoms with Crippen LogP contribution in [0, 0.1) is 0 Å². The highest BCUT2D eigenvalue weighted by atomic mass is 32.2. The van der Waals surface area contributed by atoms with E-state index in [1.807, 2.05) is 29.3 Å². The molecule has 6 heteroatoms. The minimum Gasteiger partial charge on any atom is -0.339 e. The van der Waals surface area contributed by atoms with Gasteiger partial charge in [0.1, 0.15) is 0 Å². The Morgan fingerprint density at radius 1 is 1.41 bits per heavy atom. The molecule has 0 aliphatic rings. The Balaban J connectivity index is 1.79. The third-order valence-electron chi connectivity index (χ3n) is 2.15. The molecule has 0 bridgehead atoms. The number of nitrogens with two attached hydrogens (primary N) is 1. The zero-order valence-corrected chi connectivity index (χ0v) is 11.1. The number of hydrogen-bond donors (Lipinski definition) is 1. The Labute approximate surface area is 109 Å². The molecule has 2 N–H and O–H groups in total. The fourth-order valence-electron chi connectivity index (χ4n) is 1.37. The second-order valence-electron chi connectivity index (χ2n) is 3.49. The van der Waals surface area contributed by atoms with Gasteiger partial charge in [0.25, 0.3) is 0 Å². The lowest BCUT2D eigenvalue weighted by atomic mass is 10.3. The number of aryl methyl sites for hydroxylation is 1. The smallest absolute Gasteiger partial charge is 0.227 e. The Morgan fingerprint density at radius 3 is 3.12 bits per heavy atom. The van der Waals surface area contributed by atoms with E-state index in [-0.39, 0.29) is 0 Å². The van der Waals surface area contributed by atoms with Crippen LogP contribution in [0.4, 0.5) is 0 Å². The van der Waals surface area contributed by atoms with Crippen molar-refractivity contribution < 1.29 is 4.52 Å². The van der Waals surface area contributed by atoms with Crippen LogP contribution < -0.4 is 5.73 Å². The van der Waals surface area contributed by atoms with Crippen molar-refractivity contribution in [2.24, 2.45) is 5.73 Å². The normalized spacial score (nSPS) is 10.9. The molecule has 0 saturated carbocycles. The first-order valence-electron chi connectivity index (χ1n) is 5.54. The molecule has 4 nitrogen and oxygen atoms in total. The SMILES string of the molecule is NCCSCCCc1nc(-c2cccs2)no1. The van der Waals surface area contributed by atoms with Crippen LogP contribution in [0.5, 0.6) is 0 Å². The maximum atomic E-state index is 5.42. The van der Waals surface area contributed by atoms with E-state index in [1.165, 1.54) is 0 Å². The molecule has 2 rings (SSSR count). The molecule has 17 heavy (non-hydrogen) atoms. The molecule has 0 fully saturated rings. The lowest BCUT2D eigenvalue weighted by Gasteiger charge is -1.96. The Hall–Kier alpha value is -0.850. The fourth-order valence-corrected chi connectivity index (χ4v) is 2.74. The molecule has 0 unspecified atom stereocenters. The molecule has 0 atom stereocenters. The van der Waals surface area contributed by atoms with Gasteiger partial charge in [-0.25, -0.2) is 0 Å². The number of rotatable bonds is 7. The van der Waals surface area contributed by atoms with Gasteiger partial charge in [-0.15, -0.1) is 11.3 Å². The van der Waals surface area contributed by atoms with Gasteiger partial charge < -0.3 is 10.3 Å². The molecular formula is C11H15N3OS2. The van der Waals surface area contributed by atoms with Gasteiger partial charge in [-0.05, 0) is 23.6 Å². The van der Waals surface area contributed by atoms with Crippen molar-refractivity contribution >= 4 is 23.1 Å². The molecule has 2 heterocycles. The second kappa shape index (κ2) is 6.78. The molecule has 92 valence electrons. The van der Waals surface area contributed by atoms with Gasteiger partial charge in [0, 0.05) is 18.7 Å². The summed E-state index contributed by atoms with van der Waals surface area (Å²) in [5.74, 6) is 3.53. The van der Waals surface area contributed by atoms with E-state index in [9.17, 15) is 0 Å². The highest BCUT2D eigenvalue weighted by Gasteiger charge is 2.08. The summed E-state index contributed by atoms with van der Waals surface area (Å²) in [5, 5.41) is 5.98. The van der Waals surface area contributed by atoms with Crippen LogP contribution in [0.1, 0.15) is 12.3 Å². The average Bonchev–Trinajstić information content (AvgIpc) is 2.99. The lowest BCUT2D eigenvalue weighted by Crippen LogP contribution is -2.02. The van der Waals surface area contributed by atoms with Crippen LogP contribution in [0.15, 0.2) is 22.0 Å². The number of thioether (sulfide) groups is 1. The van der Waals surface area contributed by atoms with Gasteiger partial charge in [0.15, 0.2) is 0 Å². The fraction of sp³-hybridized carbons (Fsp3) is 0.455. The standard InChI is InChI=1S/C11H15N3OS2/c12-5-8-16-6-2-4-10-13-11(14-15-10)9-3-1-7-17-9/h1,3,7H,2,4-6,8,12H2. The van der Waals surface area contributed by atoms with Crippen molar-refractivity contribution in [3.63, 3.8) is 0 Å². The molecule has 0 aliphatic heterocycles. The average molecular weight is 269 g/mol. The predicted octanol–water partition coefficient (Wildman–Crippen LogP) is 2.42. The molecule has 0 spiro atoms. The summed E-state index contributed by atoms with van der Waals surface area (Å²) in [4.78, 5) is 5.42. The summed E-state index contributed by atoms with van der Waals surface area (Å²) >= 11 is 3.49. The molecule has 0 amide bonds. The molecular weight excluding hydrogens is 254 g/mol. The van der Waals surface area contributed by atoms with Gasteiger partial charge >= 0.3 is 0 Å².